The summed E-state index contributed by atoms with van der Waals surface area (Å²) in [5.41, 5.74) is 6.85. The molecule has 22 heavy (non-hydrogen) atoms. The van der Waals surface area contributed by atoms with Crippen LogP contribution in [-0.4, -0.2) is 18.2 Å². The predicted octanol–water partition coefficient (Wildman–Crippen LogP) is 3.85. The van der Waals surface area contributed by atoms with Gasteiger partial charge in [0.15, 0.2) is 0 Å². The first-order chi connectivity index (χ1) is 10.5. The third-order valence-electron chi connectivity index (χ3n) is 4.82. The second kappa shape index (κ2) is 5.86. The van der Waals surface area contributed by atoms with E-state index in [-0.39, 0.29) is 0 Å². The van der Waals surface area contributed by atoms with Crippen LogP contribution in [0.25, 0.3) is 11.1 Å². The Morgan fingerprint density at radius 3 is 2.00 bits per heavy atom. The van der Waals surface area contributed by atoms with Crippen LogP contribution in [0, 0.1) is 20.8 Å². The average Bonchev–Trinajstić information content (AvgIpc) is 2.47. The zero-order valence-corrected chi connectivity index (χ0v) is 13.7. The van der Waals surface area contributed by atoms with Gasteiger partial charge in [-0.25, -0.2) is 0 Å². The Morgan fingerprint density at radius 2 is 1.45 bits per heavy atom. The van der Waals surface area contributed by atoms with E-state index in [1.54, 1.807) is 0 Å². The van der Waals surface area contributed by atoms with E-state index in [1.165, 1.54) is 27.8 Å². The van der Waals surface area contributed by atoms with Crippen LogP contribution in [0.2, 0.25) is 0 Å². The standard InChI is InChI=1S/C20H25NO/c1-14-12-15(2)19(16(3)13-14)17-4-6-18(7-5-17)20(22)8-10-21-11-9-20/h4-7,12-13,21-22H,8-11H2,1-3H3. The maximum absolute atomic E-state index is 10.8. The maximum atomic E-state index is 10.8. The highest BCUT2D eigenvalue weighted by Crippen LogP contribution is 2.33. The van der Waals surface area contributed by atoms with Crippen molar-refractivity contribution in [3.63, 3.8) is 0 Å². The predicted molar refractivity (Wildman–Crippen MR) is 92.1 cm³/mol. The Kier molecular flexibility index (Phi) is 4.07. The second-order valence-electron chi connectivity index (χ2n) is 6.63. The van der Waals surface area contributed by atoms with E-state index >= 15 is 0 Å². The van der Waals surface area contributed by atoms with Gasteiger partial charge in [0.25, 0.3) is 0 Å². The summed E-state index contributed by atoms with van der Waals surface area (Å²) < 4.78 is 0. The molecule has 2 aromatic carbocycles. The van der Waals surface area contributed by atoms with E-state index < -0.39 is 5.60 Å². The van der Waals surface area contributed by atoms with Gasteiger partial charge in [-0.3, -0.25) is 0 Å². The van der Waals surface area contributed by atoms with Crippen LogP contribution in [0.15, 0.2) is 36.4 Å². The van der Waals surface area contributed by atoms with E-state index in [9.17, 15) is 5.11 Å². The van der Waals surface area contributed by atoms with Gasteiger partial charge in [0, 0.05) is 0 Å². The summed E-state index contributed by atoms with van der Waals surface area (Å²) in [5, 5.41) is 14.1. The van der Waals surface area contributed by atoms with Gasteiger partial charge in [0.05, 0.1) is 5.60 Å². The lowest BCUT2D eigenvalue weighted by Gasteiger charge is -2.33. The molecular weight excluding hydrogens is 270 g/mol. The second-order valence-corrected chi connectivity index (χ2v) is 6.63. The summed E-state index contributed by atoms with van der Waals surface area (Å²) in [7, 11) is 0. The van der Waals surface area contributed by atoms with E-state index in [4.69, 9.17) is 0 Å². The molecule has 2 heteroatoms. The number of aryl methyl sites for hydroxylation is 3. The van der Waals surface area contributed by atoms with Gasteiger partial charge in [0.2, 0.25) is 0 Å². The van der Waals surface area contributed by atoms with Crippen LogP contribution in [0.3, 0.4) is 0 Å². The quantitative estimate of drug-likeness (QED) is 0.882. The van der Waals surface area contributed by atoms with Crippen LogP contribution >= 0.6 is 0 Å². The smallest absolute Gasteiger partial charge is 0.0920 e. The van der Waals surface area contributed by atoms with Gasteiger partial charge in [0.1, 0.15) is 0 Å². The van der Waals surface area contributed by atoms with Crippen LogP contribution < -0.4 is 5.32 Å². The fourth-order valence-electron chi connectivity index (χ4n) is 3.71. The number of hydrogen-bond donors (Lipinski definition) is 2. The van der Waals surface area contributed by atoms with Crippen molar-refractivity contribution >= 4 is 0 Å². The fraction of sp³-hybridized carbons (Fsp3) is 0.400. The fourth-order valence-corrected chi connectivity index (χ4v) is 3.71. The van der Waals surface area contributed by atoms with E-state index in [2.05, 4.69) is 62.5 Å². The topological polar surface area (TPSA) is 32.3 Å². The molecule has 0 aromatic heterocycles. The third-order valence-corrected chi connectivity index (χ3v) is 4.82. The summed E-state index contributed by atoms with van der Waals surface area (Å²) in [4.78, 5) is 0. The van der Waals surface area contributed by atoms with Crippen molar-refractivity contribution in [3.8, 4) is 11.1 Å². The number of benzene rings is 2. The number of rotatable bonds is 2. The van der Waals surface area contributed by atoms with E-state index in [1.807, 2.05) is 0 Å². The molecule has 0 atom stereocenters. The number of piperidine rings is 1. The number of hydrogen-bond acceptors (Lipinski definition) is 2. The Bertz CT molecular complexity index is 644. The van der Waals surface area contributed by atoms with Crippen LogP contribution in [-0.2, 0) is 5.60 Å². The van der Waals surface area contributed by atoms with Crippen molar-refractivity contribution in [1.82, 2.24) is 5.32 Å². The highest BCUT2D eigenvalue weighted by molar-refractivity contribution is 5.71. The molecule has 1 saturated heterocycles. The molecule has 2 nitrogen and oxygen atoms in total. The Balaban J connectivity index is 1.95. The molecule has 1 heterocycles. The molecule has 0 saturated carbocycles. The van der Waals surface area contributed by atoms with Crippen molar-refractivity contribution in [2.75, 3.05) is 13.1 Å². The molecule has 0 unspecified atom stereocenters. The van der Waals surface area contributed by atoms with Gasteiger partial charge < -0.3 is 10.4 Å². The van der Waals surface area contributed by atoms with Crippen molar-refractivity contribution in [1.29, 1.82) is 0 Å². The van der Waals surface area contributed by atoms with Crippen LogP contribution in [0.5, 0.6) is 0 Å². The molecule has 2 aromatic rings. The molecule has 0 spiro atoms. The monoisotopic (exact) mass is 295 g/mol. The molecule has 1 aliphatic rings. The summed E-state index contributed by atoms with van der Waals surface area (Å²) >= 11 is 0. The zero-order chi connectivity index (χ0) is 15.7. The lowest BCUT2D eigenvalue weighted by Crippen LogP contribution is -2.39. The van der Waals surface area contributed by atoms with Gasteiger partial charge in [-0.1, -0.05) is 42.0 Å². The maximum Gasteiger partial charge on any atom is 0.0920 e. The molecular formula is C20H25NO. The van der Waals surface area contributed by atoms with Crippen molar-refractivity contribution in [2.45, 2.75) is 39.2 Å². The zero-order valence-electron chi connectivity index (χ0n) is 13.7. The van der Waals surface area contributed by atoms with Crippen molar-refractivity contribution in [3.05, 3.63) is 58.7 Å². The molecule has 2 N–H and O–H groups in total. The molecule has 0 radical (unpaired) electrons. The van der Waals surface area contributed by atoms with Gasteiger partial charge >= 0.3 is 0 Å². The summed E-state index contributed by atoms with van der Waals surface area (Å²) in [5.74, 6) is 0. The number of aliphatic hydroxyl groups is 1. The minimum absolute atomic E-state index is 0.666. The lowest BCUT2D eigenvalue weighted by molar-refractivity contribution is 0.00595. The first-order valence-corrected chi connectivity index (χ1v) is 8.11. The summed E-state index contributed by atoms with van der Waals surface area (Å²) in [6.45, 7) is 8.25. The van der Waals surface area contributed by atoms with Gasteiger partial charge in [-0.05, 0) is 74.5 Å². The molecule has 1 fully saturated rings. The minimum atomic E-state index is -0.666. The summed E-state index contributed by atoms with van der Waals surface area (Å²) in [6, 6.07) is 13.0. The van der Waals surface area contributed by atoms with Gasteiger partial charge in [-0.2, -0.15) is 0 Å². The Morgan fingerprint density at radius 1 is 0.909 bits per heavy atom. The molecule has 0 amide bonds. The van der Waals surface area contributed by atoms with Gasteiger partial charge in [-0.15, -0.1) is 0 Å². The molecule has 0 bridgehead atoms. The Labute approximate surface area is 133 Å². The van der Waals surface area contributed by atoms with Crippen molar-refractivity contribution in [2.24, 2.45) is 0 Å². The highest BCUT2D eigenvalue weighted by atomic mass is 16.3. The average molecular weight is 295 g/mol. The van der Waals surface area contributed by atoms with Crippen molar-refractivity contribution < 1.29 is 5.11 Å². The number of nitrogens with one attached hydrogen (secondary N) is 1. The normalized spacial score (nSPS) is 17.5. The van der Waals surface area contributed by atoms with Crippen LogP contribution in [0.4, 0.5) is 0 Å². The molecule has 1 aliphatic heterocycles. The summed E-state index contributed by atoms with van der Waals surface area (Å²) in [6.07, 6.45) is 1.57. The minimum Gasteiger partial charge on any atom is -0.385 e. The highest BCUT2D eigenvalue weighted by Gasteiger charge is 2.30. The lowest BCUT2D eigenvalue weighted by atomic mass is 9.84. The first-order valence-electron chi connectivity index (χ1n) is 8.11. The third kappa shape index (κ3) is 2.81. The molecule has 0 aliphatic carbocycles. The Hall–Kier alpha value is -1.64. The van der Waals surface area contributed by atoms with Crippen LogP contribution in [0.1, 0.15) is 35.1 Å². The van der Waals surface area contributed by atoms with E-state index in [0.717, 1.165) is 31.5 Å². The SMILES string of the molecule is Cc1cc(C)c(-c2ccc(C3(O)CCNCC3)cc2)c(C)c1. The molecule has 116 valence electrons. The first kappa shape index (κ1) is 15.3. The van der Waals surface area contributed by atoms with E-state index in [0.29, 0.717) is 0 Å². The largest absolute Gasteiger partial charge is 0.385 e. The molecule has 3 rings (SSSR count).